The number of piperazine rings is 1. The van der Waals surface area contributed by atoms with Crippen molar-refractivity contribution in [3.8, 4) is 22.3 Å². The topological polar surface area (TPSA) is 91.6 Å². The Morgan fingerprint density at radius 2 is 1.67 bits per heavy atom. The summed E-state index contributed by atoms with van der Waals surface area (Å²) in [6.07, 6.45) is 2.61. The Balaban J connectivity index is 1.38. The van der Waals surface area contributed by atoms with E-state index in [1.165, 1.54) is 0 Å². The highest BCUT2D eigenvalue weighted by molar-refractivity contribution is 5.97. The Labute approximate surface area is 193 Å². The zero-order valence-corrected chi connectivity index (χ0v) is 18.7. The van der Waals surface area contributed by atoms with Gasteiger partial charge in [0, 0.05) is 68.2 Å². The number of amides is 2. The number of benzene rings is 2. The second-order valence-corrected chi connectivity index (χ2v) is 8.57. The first-order chi connectivity index (χ1) is 16.0. The van der Waals surface area contributed by atoms with Gasteiger partial charge < -0.3 is 20.9 Å². The number of carbonyl (C=O) groups is 2. The van der Waals surface area contributed by atoms with E-state index in [0.29, 0.717) is 12.4 Å². The summed E-state index contributed by atoms with van der Waals surface area (Å²) >= 11 is 0. The van der Waals surface area contributed by atoms with Gasteiger partial charge >= 0.3 is 0 Å². The Morgan fingerprint density at radius 1 is 0.939 bits per heavy atom. The van der Waals surface area contributed by atoms with Gasteiger partial charge in [0.15, 0.2) is 0 Å². The van der Waals surface area contributed by atoms with Crippen molar-refractivity contribution < 1.29 is 9.59 Å². The van der Waals surface area contributed by atoms with E-state index < -0.39 is 0 Å². The quantitative estimate of drug-likeness (QED) is 0.652. The maximum Gasteiger partial charge on any atom is 0.251 e. The third-order valence-corrected chi connectivity index (χ3v) is 6.55. The second kappa shape index (κ2) is 8.58. The SMILES string of the molecule is CC(=O)N1CCN(c2ccc(-c3cnc(N)c(-c4ccc5c(c4)CCNC5=O)c3)cc2)CC1. The summed E-state index contributed by atoms with van der Waals surface area (Å²) in [5.41, 5.74) is 13.0. The Hall–Kier alpha value is -3.87. The number of hydrogen-bond acceptors (Lipinski definition) is 5. The summed E-state index contributed by atoms with van der Waals surface area (Å²) in [6.45, 7) is 5.46. The Morgan fingerprint density at radius 3 is 2.39 bits per heavy atom. The standard InChI is InChI=1S/C26H27N5O2/c1-17(32)30-10-12-31(13-11-30)22-5-2-18(3-6-22)21-15-24(25(27)29-16-21)19-4-7-23-20(14-19)8-9-28-26(23)33/h2-7,14-16H,8-13H2,1H3,(H2,27,29)(H,28,33). The lowest BCUT2D eigenvalue weighted by Gasteiger charge is -2.35. The minimum absolute atomic E-state index is 0.0227. The van der Waals surface area contributed by atoms with E-state index in [9.17, 15) is 9.59 Å². The average Bonchev–Trinajstić information content (AvgIpc) is 2.84. The van der Waals surface area contributed by atoms with Crippen LogP contribution in [0.4, 0.5) is 11.5 Å². The van der Waals surface area contributed by atoms with E-state index in [1.54, 1.807) is 13.1 Å². The molecule has 0 atom stereocenters. The van der Waals surface area contributed by atoms with Crippen molar-refractivity contribution in [1.82, 2.24) is 15.2 Å². The molecule has 33 heavy (non-hydrogen) atoms. The van der Waals surface area contributed by atoms with Crippen LogP contribution in [0.15, 0.2) is 54.7 Å². The molecule has 2 aromatic carbocycles. The summed E-state index contributed by atoms with van der Waals surface area (Å²) in [6, 6.07) is 16.3. The first-order valence-electron chi connectivity index (χ1n) is 11.3. The van der Waals surface area contributed by atoms with Gasteiger partial charge in [-0.25, -0.2) is 4.98 Å². The van der Waals surface area contributed by atoms with Gasteiger partial charge in [0.2, 0.25) is 5.91 Å². The van der Waals surface area contributed by atoms with Gasteiger partial charge in [0.25, 0.3) is 5.91 Å². The number of carbonyl (C=O) groups excluding carboxylic acids is 2. The van der Waals surface area contributed by atoms with Crippen LogP contribution in [0.2, 0.25) is 0 Å². The van der Waals surface area contributed by atoms with Crippen molar-refractivity contribution in [2.45, 2.75) is 13.3 Å². The predicted molar refractivity (Wildman–Crippen MR) is 130 cm³/mol. The van der Waals surface area contributed by atoms with Gasteiger partial charge in [0.05, 0.1) is 0 Å². The van der Waals surface area contributed by atoms with E-state index >= 15 is 0 Å². The lowest BCUT2D eigenvalue weighted by atomic mass is 9.94. The Kier molecular flexibility index (Phi) is 5.46. The number of hydrogen-bond donors (Lipinski definition) is 2. The highest BCUT2D eigenvalue weighted by atomic mass is 16.2. The van der Waals surface area contributed by atoms with Gasteiger partial charge in [-0.05, 0) is 47.4 Å². The predicted octanol–water partition coefficient (Wildman–Crippen LogP) is 2.95. The number of anilines is 2. The molecule has 7 nitrogen and oxygen atoms in total. The van der Waals surface area contributed by atoms with Crippen LogP contribution >= 0.6 is 0 Å². The van der Waals surface area contributed by atoms with Crippen molar-refractivity contribution in [2.75, 3.05) is 43.4 Å². The molecular weight excluding hydrogens is 414 g/mol. The molecule has 0 bridgehead atoms. The van der Waals surface area contributed by atoms with E-state index in [0.717, 1.165) is 71.7 Å². The number of nitrogens with zero attached hydrogens (tertiary/aromatic N) is 3. The summed E-state index contributed by atoms with van der Waals surface area (Å²) < 4.78 is 0. The smallest absolute Gasteiger partial charge is 0.251 e. The van der Waals surface area contributed by atoms with Crippen molar-refractivity contribution in [1.29, 1.82) is 0 Å². The molecule has 0 unspecified atom stereocenters. The summed E-state index contributed by atoms with van der Waals surface area (Å²) in [7, 11) is 0. The molecule has 0 aliphatic carbocycles. The largest absolute Gasteiger partial charge is 0.383 e. The third kappa shape index (κ3) is 4.14. The van der Waals surface area contributed by atoms with Crippen LogP contribution in [0.3, 0.4) is 0 Å². The lowest BCUT2D eigenvalue weighted by molar-refractivity contribution is -0.129. The van der Waals surface area contributed by atoms with Crippen LogP contribution < -0.4 is 16.0 Å². The number of pyridine rings is 1. The zero-order chi connectivity index (χ0) is 22.9. The van der Waals surface area contributed by atoms with Crippen molar-refractivity contribution in [3.63, 3.8) is 0 Å². The van der Waals surface area contributed by atoms with Gasteiger partial charge in [-0.2, -0.15) is 0 Å². The van der Waals surface area contributed by atoms with Crippen LogP contribution in [0.1, 0.15) is 22.8 Å². The maximum atomic E-state index is 12.1. The highest BCUT2D eigenvalue weighted by Crippen LogP contribution is 2.32. The highest BCUT2D eigenvalue weighted by Gasteiger charge is 2.20. The number of fused-ring (bicyclic) bond motifs is 1. The molecule has 3 aromatic rings. The molecule has 168 valence electrons. The van der Waals surface area contributed by atoms with Crippen molar-refractivity contribution in [2.24, 2.45) is 0 Å². The van der Waals surface area contributed by atoms with Crippen molar-refractivity contribution in [3.05, 3.63) is 65.9 Å². The van der Waals surface area contributed by atoms with Gasteiger partial charge in [0.1, 0.15) is 5.82 Å². The third-order valence-electron chi connectivity index (χ3n) is 6.55. The molecule has 2 amide bonds. The molecular formula is C26H27N5O2. The molecule has 3 N–H and O–H groups in total. The summed E-state index contributed by atoms with van der Waals surface area (Å²) in [5, 5.41) is 2.88. The second-order valence-electron chi connectivity index (χ2n) is 8.57. The molecule has 2 aliphatic heterocycles. The van der Waals surface area contributed by atoms with Gasteiger partial charge in [-0.15, -0.1) is 0 Å². The van der Waals surface area contributed by atoms with Crippen LogP contribution in [0.25, 0.3) is 22.3 Å². The first kappa shape index (κ1) is 21.0. The molecule has 0 radical (unpaired) electrons. The average molecular weight is 442 g/mol. The van der Waals surface area contributed by atoms with Crippen LogP contribution in [0.5, 0.6) is 0 Å². The van der Waals surface area contributed by atoms with Crippen LogP contribution in [-0.2, 0) is 11.2 Å². The zero-order valence-electron chi connectivity index (χ0n) is 18.7. The van der Waals surface area contributed by atoms with Gasteiger partial charge in [-0.3, -0.25) is 9.59 Å². The van der Waals surface area contributed by atoms with Gasteiger partial charge in [-0.1, -0.05) is 24.3 Å². The normalized spacial score (nSPS) is 15.7. The van der Waals surface area contributed by atoms with Crippen LogP contribution in [0, 0.1) is 0 Å². The lowest BCUT2D eigenvalue weighted by Crippen LogP contribution is -2.48. The number of rotatable bonds is 3. The van der Waals surface area contributed by atoms with E-state index in [1.807, 2.05) is 17.0 Å². The molecule has 2 aliphatic rings. The molecule has 7 heteroatoms. The minimum atomic E-state index is -0.0227. The minimum Gasteiger partial charge on any atom is -0.383 e. The molecule has 3 heterocycles. The summed E-state index contributed by atoms with van der Waals surface area (Å²) in [5.74, 6) is 0.586. The van der Waals surface area contributed by atoms with Crippen LogP contribution in [-0.4, -0.2) is 54.4 Å². The molecule has 5 rings (SSSR count). The van der Waals surface area contributed by atoms with Crippen molar-refractivity contribution >= 4 is 23.3 Å². The molecule has 0 saturated carbocycles. The fourth-order valence-electron chi connectivity index (χ4n) is 4.60. The summed E-state index contributed by atoms with van der Waals surface area (Å²) in [4.78, 5) is 32.3. The first-order valence-corrected chi connectivity index (χ1v) is 11.3. The number of aromatic nitrogens is 1. The fraction of sp³-hybridized carbons (Fsp3) is 0.269. The number of nitrogens with two attached hydrogens (primary N) is 1. The number of nitrogen functional groups attached to an aromatic ring is 1. The molecule has 0 spiro atoms. The molecule has 1 aromatic heterocycles. The molecule has 1 fully saturated rings. The Bertz CT molecular complexity index is 1210. The molecule has 1 saturated heterocycles. The monoisotopic (exact) mass is 441 g/mol. The van der Waals surface area contributed by atoms with E-state index in [4.69, 9.17) is 5.73 Å². The number of nitrogens with one attached hydrogen (secondary N) is 1. The fourth-order valence-corrected chi connectivity index (χ4v) is 4.60. The maximum absolute atomic E-state index is 12.1. The van der Waals surface area contributed by atoms with E-state index in [-0.39, 0.29) is 11.8 Å². The van der Waals surface area contributed by atoms with E-state index in [2.05, 4.69) is 51.6 Å².